The molecule has 0 N–H and O–H groups in total. The highest BCUT2D eigenvalue weighted by atomic mass is 14.8. The van der Waals surface area contributed by atoms with E-state index in [0.29, 0.717) is 0 Å². The van der Waals surface area contributed by atoms with Crippen molar-refractivity contribution < 1.29 is 0 Å². The Morgan fingerprint density at radius 3 is 0.823 bits per heavy atom. The average Bonchev–Trinajstić information content (AvgIpc) is 3.34. The van der Waals surface area contributed by atoms with Gasteiger partial charge in [-0.3, -0.25) is 9.97 Å². The quantitative estimate of drug-likeness (QED) is 0.146. The van der Waals surface area contributed by atoms with E-state index in [9.17, 15) is 0 Å². The number of aryl methyl sites for hydroxylation is 2. The van der Waals surface area contributed by atoms with Crippen LogP contribution in [0.5, 0.6) is 0 Å². The van der Waals surface area contributed by atoms with E-state index in [2.05, 4.69) is 194 Å². The number of hydrogen-bond acceptors (Lipinski definition) is 4. The van der Waals surface area contributed by atoms with Crippen molar-refractivity contribution in [3.05, 3.63) is 230 Å². The molecule has 10 aromatic rings. The maximum absolute atomic E-state index is 5.03. The van der Waals surface area contributed by atoms with Gasteiger partial charge in [0.15, 0.2) is 0 Å². The summed E-state index contributed by atoms with van der Waals surface area (Å²) in [4.78, 5) is 19.3. The van der Waals surface area contributed by atoms with Crippen LogP contribution in [0.1, 0.15) is 11.1 Å². The molecule has 10 rings (SSSR count). The van der Waals surface area contributed by atoms with Crippen LogP contribution in [0.15, 0.2) is 219 Å². The van der Waals surface area contributed by atoms with Gasteiger partial charge in [-0.2, -0.15) is 0 Å². The molecule has 6 aromatic carbocycles. The van der Waals surface area contributed by atoms with Crippen molar-refractivity contribution in [3.63, 3.8) is 0 Å². The maximum Gasteiger partial charge on any atom is 0.0899 e. The Bertz CT molecular complexity index is 2920. The van der Waals surface area contributed by atoms with Crippen LogP contribution in [-0.4, -0.2) is 19.9 Å². The highest BCUT2D eigenvalue weighted by Gasteiger charge is 2.13. The minimum Gasteiger partial charge on any atom is -0.255 e. The number of hydrogen-bond donors (Lipinski definition) is 0. The zero-order chi connectivity index (χ0) is 41.8. The maximum atomic E-state index is 5.03. The highest BCUT2D eigenvalue weighted by molar-refractivity contribution is 5.80. The SMILES string of the molecule is Cc1cccc(-c2cc(-c3ccc(-c4ccc(-c5ccc(-c6ccc(-c7cc(-c8cccc(C)c8)nc(-c8ccccn8)c7)cc6)cc5)cc4)cc3)cc(-c3ccccn3)n2)c1. The Labute approximate surface area is 363 Å². The van der Waals surface area contributed by atoms with Gasteiger partial charge in [0.1, 0.15) is 0 Å². The highest BCUT2D eigenvalue weighted by Crippen LogP contribution is 2.34. The molecule has 0 saturated heterocycles. The normalized spacial score (nSPS) is 11.1. The van der Waals surface area contributed by atoms with Gasteiger partial charge in [-0.1, -0.05) is 157 Å². The molecule has 0 aliphatic heterocycles. The first-order valence-electron chi connectivity index (χ1n) is 20.9. The second-order valence-electron chi connectivity index (χ2n) is 15.7. The fourth-order valence-electron chi connectivity index (χ4n) is 8.01. The van der Waals surface area contributed by atoms with Gasteiger partial charge in [0.05, 0.1) is 34.2 Å². The molecule has 0 atom stereocenters. The largest absolute Gasteiger partial charge is 0.255 e. The molecule has 4 heteroatoms. The Morgan fingerprint density at radius 2 is 0.532 bits per heavy atom. The van der Waals surface area contributed by atoms with E-state index >= 15 is 0 Å². The van der Waals surface area contributed by atoms with Crippen LogP contribution in [0.4, 0.5) is 0 Å². The summed E-state index contributed by atoms with van der Waals surface area (Å²) in [6.07, 6.45) is 3.63. The van der Waals surface area contributed by atoms with E-state index in [1.54, 1.807) is 0 Å². The van der Waals surface area contributed by atoms with E-state index in [4.69, 9.17) is 9.97 Å². The lowest BCUT2D eigenvalue weighted by Crippen LogP contribution is -1.93. The molecule has 0 spiro atoms. The molecule has 0 amide bonds. The molecule has 0 fully saturated rings. The molecule has 0 unspecified atom stereocenters. The summed E-state index contributed by atoms with van der Waals surface area (Å²) in [7, 11) is 0. The minimum atomic E-state index is 0.856. The number of benzene rings is 6. The second kappa shape index (κ2) is 16.9. The van der Waals surface area contributed by atoms with Crippen LogP contribution >= 0.6 is 0 Å². The molecule has 0 aliphatic rings. The summed E-state index contributed by atoms with van der Waals surface area (Å²) in [5, 5.41) is 0. The van der Waals surface area contributed by atoms with Crippen molar-refractivity contribution in [2.45, 2.75) is 13.8 Å². The van der Waals surface area contributed by atoms with Gasteiger partial charge in [0, 0.05) is 23.5 Å². The van der Waals surface area contributed by atoms with Crippen LogP contribution in [0.25, 0.3) is 101 Å². The van der Waals surface area contributed by atoms with E-state index in [1.165, 1.54) is 44.5 Å². The monoisotopic (exact) mass is 794 g/mol. The van der Waals surface area contributed by atoms with Gasteiger partial charge in [0.2, 0.25) is 0 Å². The lowest BCUT2D eigenvalue weighted by molar-refractivity contribution is 1.25. The molecule has 0 radical (unpaired) electrons. The Kier molecular flexibility index (Phi) is 10.4. The van der Waals surface area contributed by atoms with Crippen LogP contribution < -0.4 is 0 Å². The van der Waals surface area contributed by atoms with Gasteiger partial charge in [-0.15, -0.1) is 0 Å². The van der Waals surface area contributed by atoms with E-state index in [-0.39, 0.29) is 0 Å². The first-order valence-corrected chi connectivity index (χ1v) is 20.9. The van der Waals surface area contributed by atoms with Crippen LogP contribution in [0.2, 0.25) is 0 Å². The molecular formula is C58H42N4. The molecule has 0 aliphatic carbocycles. The van der Waals surface area contributed by atoms with E-state index in [0.717, 1.165) is 67.5 Å². The Balaban J connectivity index is 0.863. The van der Waals surface area contributed by atoms with Gasteiger partial charge >= 0.3 is 0 Å². The van der Waals surface area contributed by atoms with Gasteiger partial charge < -0.3 is 0 Å². The molecule has 4 nitrogen and oxygen atoms in total. The Hall–Kier alpha value is -8.08. The fourth-order valence-corrected chi connectivity index (χ4v) is 8.01. The number of nitrogens with zero attached hydrogens (tertiary/aromatic N) is 4. The van der Waals surface area contributed by atoms with Crippen LogP contribution in [-0.2, 0) is 0 Å². The predicted octanol–water partition coefficient (Wildman–Crippen LogP) is 14.9. The van der Waals surface area contributed by atoms with Crippen molar-refractivity contribution in [3.8, 4) is 101 Å². The molecule has 4 aromatic heterocycles. The molecule has 4 heterocycles. The zero-order valence-corrected chi connectivity index (χ0v) is 34.6. The van der Waals surface area contributed by atoms with Crippen molar-refractivity contribution >= 4 is 0 Å². The molecular weight excluding hydrogens is 753 g/mol. The van der Waals surface area contributed by atoms with Gasteiger partial charge in [-0.05, 0) is 130 Å². The third kappa shape index (κ3) is 8.23. The van der Waals surface area contributed by atoms with Crippen LogP contribution in [0.3, 0.4) is 0 Å². The lowest BCUT2D eigenvalue weighted by Gasteiger charge is -2.11. The summed E-state index contributed by atoms with van der Waals surface area (Å²) in [6, 6.07) is 72.8. The summed E-state index contributed by atoms with van der Waals surface area (Å²) < 4.78 is 0. The zero-order valence-electron chi connectivity index (χ0n) is 34.6. The molecule has 62 heavy (non-hydrogen) atoms. The van der Waals surface area contributed by atoms with E-state index in [1.807, 2.05) is 48.8 Å². The number of pyridine rings is 4. The predicted molar refractivity (Wildman–Crippen MR) is 256 cm³/mol. The van der Waals surface area contributed by atoms with Gasteiger partial charge in [0.25, 0.3) is 0 Å². The fraction of sp³-hybridized carbons (Fsp3) is 0.0345. The molecule has 294 valence electrons. The Morgan fingerprint density at radius 1 is 0.226 bits per heavy atom. The first-order chi connectivity index (χ1) is 30.5. The van der Waals surface area contributed by atoms with Crippen molar-refractivity contribution in [2.24, 2.45) is 0 Å². The van der Waals surface area contributed by atoms with Crippen molar-refractivity contribution in [2.75, 3.05) is 0 Å². The second-order valence-corrected chi connectivity index (χ2v) is 15.7. The topological polar surface area (TPSA) is 51.6 Å². The first kappa shape index (κ1) is 38.1. The smallest absolute Gasteiger partial charge is 0.0899 e. The van der Waals surface area contributed by atoms with Crippen molar-refractivity contribution in [1.29, 1.82) is 0 Å². The van der Waals surface area contributed by atoms with Crippen LogP contribution in [0, 0.1) is 13.8 Å². The number of rotatable bonds is 9. The van der Waals surface area contributed by atoms with E-state index < -0.39 is 0 Å². The molecule has 0 bridgehead atoms. The van der Waals surface area contributed by atoms with Crippen molar-refractivity contribution in [1.82, 2.24) is 19.9 Å². The minimum absolute atomic E-state index is 0.856. The molecule has 0 saturated carbocycles. The average molecular weight is 795 g/mol. The number of aromatic nitrogens is 4. The third-order valence-electron chi connectivity index (χ3n) is 11.3. The third-order valence-corrected chi connectivity index (χ3v) is 11.3. The standard InChI is InChI=1S/C58H42N4/c1-39-9-7-11-49(33-39)55-35-51(37-57(61-55)53-13-3-5-31-59-53)47-27-23-45(24-28-47)43-19-15-41(16-20-43)42-17-21-44(22-18-42)46-25-29-48(30-26-46)52-36-56(50-12-8-10-40(2)34-50)62-58(38-52)54-14-4-6-32-60-54/h3-38H,1-2H3. The summed E-state index contributed by atoms with van der Waals surface area (Å²) in [5.41, 5.74) is 21.4. The van der Waals surface area contributed by atoms with Gasteiger partial charge in [-0.25, -0.2) is 9.97 Å². The lowest BCUT2D eigenvalue weighted by atomic mass is 9.95. The summed E-state index contributed by atoms with van der Waals surface area (Å²) >= 11 is 0. The summed E-state index contributed by atoms with van der Waals surface area (Å²) in [5.74, 6) is 0. The summed E-state index contributed by atoms with van der Waals surface area (Å²) in [6.45, 7) is 4.22.